The van der Waals surface area contributed by atoms with Gasteiger partial charge in [-0.2, -0.15) is 4.98 Å². The molecule has 20 heavy (non-hydrogen) atoms. The SMILES string of the molecule is O=C1CCCC1c1nc(CSc2ccc(Cl)cc2)no1. The number of carbonyl (C=O) groups is 1. The highest BCUT2D eigenvalue weighted by Crippen LogP contribution is 2.30. The summed E-state index contributed by atoms with van der Waals surface area (Å²) in [5, 5.41) is 4.66. The molecule has 0 saturated heterocycles. The zero-order valence-corrected chi connectivity index (χ0v) is 12.3. The van der Waals surface area contributed by atoms with Gasteiger partial charge in [-0.3, -0.25) is 4.79 Å². The highest BCUT2D eigenvalue weighted by Gasteiger charge is 2.30. The van der Waals surface area contributed by atoms with Crippen molar-refractivity contribution in [1.82, 2.24) is 10.1 Å². The highest BCUT2D eigenvalue weighted by atomic mass is 35.5. The maximum absolute atomic E-state index is 11.6. The Balaban J connectivity index is 1.62. The van der Waals surface area contributed by atoms with Crippen LogP contribution in [0.4, 0.5) is 0 Å². The lowest BCUT2D eigenvalue weighted by atomic mass is 10.1. The van der Waals surface area contributed by atoms with Crippen LogP contribution in [-0.4, -0.2) is 15.9 Å². The number of Topliss-reactive ketones (excluding diaryl/α,β-unsaturated/α-hetero) is 1. The molecule has 1 aromatic heterocycles. The molecular formula is C14H13ClN2O2S. The molecule has 3 rings (SSSR count). The smallest absolute Gasteiger partial charge is 0.237 e. The number of hydrogen-bond donors (Lipinski definition) is 0. The predicted octanol–water partition coefficient (Wildman–Crippen LogP) is 3.85. The van der Waals surface area contributed by atoms with E-state index in [9.17, 15) is 4.79 Å². The lowest BCUT2D eigenvalue weighted by Gasteiger charge is -1.99. The number of nitrogens with zero attached hydrogens (tertiary/aromatic N) is 2. The third-order valence-corrected chi connectivity index (χ3v) is 4.53. The molecule has 6 heteroatoms. The van der Waals surface area contributed by atoms with Gasteiger partial charge in [-0.1, -0.05) is 16.8 Å². The van der Waals surface area contributed by atoms with Gasteiger partial charge in [0, 0.05) is 16.3 Å². The molecule has 4 nitrogen and oxygen atoms in total. The number of ketones is 1. The van der Waals surface area contributed by atoms with Crippen LogP contribution in [0.2, 0.25) is 5.02 Å². The van der Waals surface area contributed by atoms with E-state index in [1.807, 2.05) is 24.3 Å². The van der Waals surface area contributed by atoms with Crippen molar-refractivity contribution < 1.29 is 9.32 Å². The van der Waals surface area contributed by atoms with E-state index in [-0.39, 0.29) is 11.7 Å². The quantitative estimate of drug-likeness (QED) is 0.803. The fraction of sp³-hybridized carbons (Fsp3) is 0.357. The lowest BCUT2D eigenvalue weighted by molar-refractivity contribution is -0.119. The first kappa shape index (κ1) is 13.6. The standard InChI is InChI=1S/C14H13ClN2O2S/c15-9-4-6-10(7-5-9)20-8-13-16-14(19-17-13)11-2-1-3-12(11)18/h4-7,11H,1-3,8H2. The minimum atomic E-state index is -0.184. The monoisotopic (exact) mass is 308 g/mol. The number of halogens is 1. The molecule has 104 valence electrons. The summed E-state index contributed by atoms with van der Waals surface area (Å²) in [7, 11) is 0. The third kappa shape index (κ3) is 3.04. The molecule has 1 heterocycles. The number of benzene rings is 1. The minimum absolute atomic E-state index is 0.184. The molecule has 0 spiro atoms. The summed E-state index contributed by atoms with van der Waals surface area (Å²) in [5.74, 6) is 1.74. The molecule has 0 bridgehead atoms. The molecule has 0 N–H and O–H groups in total. The Morgan fingerprint density at radius 2 is 2.15 bits per heavy atom. The second kappa shape index (κ2) is 5.97. The Hall–Kier alpha value is -1.33. The molecule has 2 aromatic rings. The van der Waals surface area contributed by atoms with E-state index >= 15 is 0 Å². The van der Waals surface area contributed by atoms with E-state index in [4.69, 9.17) is 16.1 Å². The third-order valence-electron chi connectivity index (χ3n) is 3.27. The Morgan fingerprint density at radius 3 is 2.85 bits per heavy atom. The van der Waals surface area contributed by atoms with Gasteiger partial charge in [0.1, 0.15) is 5.78 Å². The zero-order chi connectivity index (χ0) is 13.9. The number of rotatable bonds is 4. The van der Waals surface area contributed by atoms with Crippen molar-refractivity contribution in [2.75, 3.05) is 0 Å². The fourth-order valence-electron chi connectivity index (χ4n) is 2.22. The predicted molar refractivity (Wildman–Crippen MR) is 76.9 cm³/mol. The molecule has 0 aliphatic heterocycles. The molecule has 1 aliphatic rings. The largest absolute Gasteiger partial charge is 0.339 e. The van der Waals surface area contributed by atoms with Crippen molar-refractivity contribution in [3.05, 3.63) is 41.0 Å². The summed E-state index contributed by atoms with van der Waals surface area (Å²) in [6, 6.07) is 7.61. The van der Waals surface area contributed by atoms with Gasteiger partial charge in [0.25, 0.3) is 0 Å². The Labute approximate surface area is 125 Å². The first-order valence-corrected chi connectivity index (χ1v) is 7.82. The van der Waals surface area contributed by atoms with Crippen LogP contribution >= 0.6 is 23.4 Å². The summed E-state index contributed by atoms with van der Waals surface area (Å²) >= 11 is 7.45. The van der Waals surface area contributed by atoms with E-state index in [2.05, 4.69) is 10.1 Å². The van der Waals surface area contributed by atoms with Crippen LogP contribution in [0, 0.1) is 0 Å². The van der Waals surface area contributed by atoms with Gasteiger partial charge in [0.15, 0.2) is 5.82 Å². The first-order valence-electron chi connectivity index (χ1n) is 6.46. The molecule has 1 aromatic carbocycles. The van der Waals surface area contributed by atoms with Gasteiger partial charge in [0.2, 0.25) is 5.89 Å². The maximum Gasteiger partial charge on any atom is 0.237 e. The van der Waals surface area contributed by atoms with Crippen molar-refractivity contribution in [2.24, 2.45) is 0 Å². The van der Waals surface area contributed by atoms with Crippen LogP contribution in [0.3, 0.4) is 0 Å². The van der Waals surface area contributed by atoms with Gasteiger partial charge in [-0.25, -0.2) is 0 Å². The van der Waals surface area contributed by atoms with Gasteiger partial charge in [-0.15, -0.1) is 11.8 Å². The lowest BCUT2D eigenvalue weighted by Crippen LogP contribution is -2.04. The maximum atomic E-state index is 11.6. The zero-order valence-electron chi connectivity index (χ0n) is 10.7. The molecule has 1 fully saturated rings. The van der Waals surface area contributed by atoms with E-state index in [0.717, 1.165) is 22.8 Å². The van der Waals surface area contributed by atoms with Crippen molar-refractivity contribution in [3.8, 4) is 0 Å². The Kier molecular flexibility index (Phi) is 4.08. The topological polar surface area (TPSA) is 56.0 Å². The van der Waals surface area contributed by atoms with Crippen LogP contribution in [0.5, 0.6) is 0 Å². The second-order valence-electron chi connectivity index (χ2n) is 4.70. The molecule has 1 saturated carbocycles. The van der Waals surface area contributed by atoms with Crippen LogP contribution < -0.4 is 0 Å². The number of carbonyl (C=O) groups excluding carboxylic acids is 1. The normalized spacial score (nSPS) is 18.6. The summed E-state index contributed by atoms with van der Waals surface area (Å²) in [5.41, 5.74) is 0. The average molecular weight is 309 g/mol. The Bertz CT molecular complexity index is 612. The van der Waals surface area contributed by atoms with Gasteiger partial charge < -0.3 is 4.52 Å². The number of aromatic nitrogens is 2. The van der Waals surface area contributed by atoms with Crippen molar-refractivity contribution >= 4 is 29.1 Å². The highest BCUT2D eigenvalue weighted by molar-refractivity contribution is 7.98. The van der Waals surface area contributed by atoms with Gasteiger partial charge in [0.05, 0.1) is 11.7 Å². The van der Waals surface area contributed by atoms with Crippen LogP contribution in [0.25, 0.3) is 0 Å². The van der Waals surface area contributed by atoms with Crippen molar-refractivity contribution in [2.45, 2.75) is 35.8 Å². The number of thioether (sulfide) groups is 1. The summed E-state index contributed by atoms with van der Waals surface area (Å²) in [6.45, 7) is 0. The van der Waals surface area contributed by atoms with Gasteiger partial charge >= 0.3 is 0 Å². The molecular weight excluding hydrogens is 296 g/mol. The minimum Gasteiger partial charge on any atom is -0.339 e. The van der Waals surface area contributed by atoms with E-state index in [1.54, 1.807) is 11.8 Å². The number of hydrogen-bond acceptors (Lipinski definition) is 5. The average Bonchev–Trinajstić information content (AvgIpc) is 3.06. The van der Waals surface area contributed by atoms with E-state index in [1.165, 1.54) is 0 Å². The molecule has 0 amide bonds. The summed E-state index contributed by atoms with van der Waals surface area (Å²) < 4.78 is 5.21. The fourth-order valence-corrected chi connectivity index (χ4v) is 3.09. The summed E-state index contributed by atoms with van der Waals surface area (Å²) in [6.07, 6.45) is 2.37. The first-order chi connectivity index (χ1) is 9.72. The van der Waals surface area contributed by atoms with E-state index < -0.39 is 0 Å². The van der Waals surface area contributed by atoms with Crippen LogP contribution in [0.15, 0.2) is 33.7 Å². The van der Waals surface area contributed by atoms with Crippen LogP contribution in [-0.2, 0) is 10.5 Å². The van der Waals surface area contributed by atoms with Crippen LogP contribution in [0.1, 0.15) is 36.9 Å². The van der Waals surface area contributed by atoms with Crippen molar-refractivity contribution in [1.29, 1.82) is 0 Å². The second-order valence-corrected chi connectivity index (χ2v) is 6.19. The molecule has 0 radical (unpaired) electrons. The molecule has 1 unspecified atom stereocenters. The van der Waals surface area contributed by atoms with Gasteiger partial charge in [-0.05, 0) is 37.1 Å². The molecule has 1 atom stereocenters. The summed E-state index contributed by atoms with van der Waals surface area (Å²) in [4.78, 5) is 17.1. The Morgan fingerprint density at radius 1 is 1.35 bits per heavy atom. The molecule has 1 aliphatic carbocycles. The van der Waals surface area contributed by atoms with Crippen molar-refractivity contribution in [3.63, 3.8) is 0 Å². The van der Waals surface area contributed by atoms with E-state index in [0.29, 0.717) is 23.9 Å².